The molecule has 0 saturated carbocycles. The second-order valence-electron chi connectivity index (χ2n) is 6.93. The van der Waals surface area contributed by atoms with Crippen LogP contribution in [0.5, 0.6) is 0 Å². The number of nitrogens with one attached hydrogen (secondary N) is 1. The number of morpholine rings is 1. The number of nitrogens with zero attached hydrogens (tertiary/aromatic N) is 5. The van der Waals surface area contributed by atoms with Crippen LogP contribution >= 0.6 is 0 Å². The molecule has 2 aliphatic rings. The highest BCUT2D eigenvalue weighted by atomic mass is 16.5. The molecule has 0 aliphatic carbocycles. The van der Waals surface area contributed by atoms with E-state index in [1.54, 1.807) is 23.4 Å². The fourth-order valence-electron chi connectivity index (χ4n) is 3.35. The summed E-state index contributed by atoms with van der Waals surface area (Å²) in [4.78, 5) is 29.8. The Kier molecular flexibility index (Phi) is 5.15. The topological polar surface area (TPSA) is 83.5 Å². The zero-order valence-corrected chi connectivity index (χ0v) is 15.5. The van der Waals surface area contributed by atoms with Gasteiger partial charge in [-0.25, -0.2) is 19.7 Å². The standard InChI is InChI=1S/C19H24N6O2/c1-14-4-5-17(21-12-14)23-19(26)25-10-11-27-16(13-25)15-6-7-20-18(22-15)24-8-2-3-9-24/h4-7,12,16H,2-3,8-11,13H2,1H3,(H,21,23,26)/t16-/m0/s1. The van der Waals surface area contributed by atoms with Crippen LogP contribution in [-0.4, -0.2) is 58.7 Å². The smallest absolute Gasteiger partial charge is 0.323 e. The Labute approximate surface area is 158 Å². The molecule has 142 valence electrons. The molecule has 2 fully saturated rings. The minimum absolute atomic E-state index is 0.173. The number of rotatable bonds is 3. The average molecular weight is 368 g/mol. The van der Waals surface area contributed by atoms with E-state index in [9.17, 15) is 4.79 Å². The molecule has 8 nitrogen and oxygen atoms in total. The van der Waals surface area contributed by atoms with Crippen LogP contribution in [-0.2, 0) is 4.74 Å². The summed E-state index contributed by atoms with van der Waals surface area (Å²) in [6.07, 6.45) is 5.61. The first-order valence-corrected chi connectivity index (χ1v) is 9.37. The Bertz CT molecular complexity index is 791. The van der Waals surface area contributed by atoms with Crippen LogP contribution in [0.25, 0.3) is 0 Å². The van der Waals surface area contributed by atoms with Crippen molar-refractivity contribution in [2.75, 3.05) is 43.0 Å². The number of ether oxygens (including phenoxy) is 1. The third kappa shape index (κ3) is 4.16. The van der Waals surface area contributed by atoms with Gasteiger partial charge in [0.1, 0.15) is 11.9 Å². The quantitative estimate of drug-likeness (QED) is 0.896. The van der Waals surface area contributed by atoms with Crippen molar-refractivity contribution >= 4 is 17.8 Å². The van der Waals surface area contributed by atoms with E-state index in [1.165, 1.54) is 12.8 Å². The van der Waals surface area contributed by atoms with Gasteiger partial charge >= 0.3 is 6.03 Å². The average Bonchev–Trinajstić information content (AvgIpc) is 3.25. The highest BCUT2D eigenvalue weighted by Crippen LogP contribution is 2.23. The largest absolute Gasteiger partial charge is 0.368 e. The molecule has 2 aromatic rings. The first-order chi connectivity index (χ1) is 13.2. The summed E-state index contributed by atoms with van der Waals surface area (Å²) in [5, 5.41) is 2.85. The molecular formula is C19H24N6O2. The predicted octanol–water partition coefficient (Wildman–Crippen LogP) is 2.39. The molecule has 2 aliphatic heterocycles. The summed E-state index contributed by atoms with van der Waals surface area (Å²) in [7, 11) is 0. The lowest BCUT2D eigenvalue weighted by Gasteiger charge is -2.32. The third-order valence-corrected chi connectivity index (χ3v) is 4.88. The molecule has 1 N–H and O–H groups in total. The number of aryl methyl sites for hydroxylation is 1. The van der Waals surface area contributed by atoms with Gasteiger partial charge in [-0.2, -0.15) is 0 Å². The van der Waals surface area contributed by atoms with Gasteiger partial charge in [0.05, 0.1) is 18.8 Å². The molecule has 0 spiro atoms. The Morgan fingerprint density at radius 3 is 2.81 bits per heavy atom. The molecule has 0 bridgehead atoms. The minimum atomic E-state index is -0.250. The van der Waals surface area contributed by atoms with E-state index in [1.807, 2.05) is 19.1 Å². The second-order valence-corrected chi connectivity index (χ2v) is 6.93. The molecule has 0 aromatic carbocycles. The van der Waals surface area contributed by atoms with Gasteiger partial charge in [-0.3, -0.25) is 5.32 Å². The lowest BCUT2D eigenvalue weighted by Crippen LogP contribution is -2.44. The van der Waals surface area contributed by atoms with Gasteiger partial charge in [-0.1, -0.05) is 6.07 Å². The van der Waals surface area contributed by atoms with E-state index in [0.29, 0.717) is 25.5 Å². The molecule has 1 atom stereocenters. The number of carbonyl (C=O) groups is 1. The maximum absolute atomic E-state index is 12.6. The van der Waals surface area contributed by atoms with Crippen molar-refractivity contribution in [1.29, 1.82) is 0 Å². The lowest BCUT2D eigenvalue weighted by molar-refractivity contribution is -0.0157. The van der Waals surface area contributed by atoms with Crippen LogP contribution in [0.15, 0.2) is 30.6 Å². The molecule has 2 aromatic heterocycles. The molecule has 4 heterocycles. The molecule has 8 heteroatoms. The summed E-state index contributed by atoms with van der Waals surface area (Å²) in [5.74, 6) is 1.30. The number of aromatic nitrogens is 3. The third-order valence-electron chi connectivity index (χ3n) is 4.88. The van der Waals surface area contributed by atoms with Crippen LogP contribution in [0.2, 0.25) is 0 Å². The highest BCUT2D eigenvalue weighted by Gasteiger charge is 2.27. The molecule has 2 amide bonds. The van der Waals surface area contributed by atoms with E-state index in [4.69, 9.17) is 4.74 Å². The van der Waals surface area contributed by atoms with Gasteiger partial charge in [0.15, 0.2) is 0 Å². The molecule has 4 rings (SSSR count). The van der Waals surface area contributed by atoms with E-state index >= 15 is 0 Å². The molecular weight excluding hydrogens is 344 g/mol. The summed E-state index contributed by atoms with van der Waals surface area (Å²) in [5.41, 5.74) is 1.87. The van der Waals surface area contributed by atoms with Crippen LogP contribution < -0.4 is 10.2 Å². The van der Waals surface area contributed by atoms with Crippen molar-refractivity contribution in [3.8, 4) is 0 Å². The zero-order chi connectivity index (χ0) is 18.6. The maximum Gasteiger partial charge on any atom is 0.323 e. The monoisotopic (exact) mass is 368 g/mol. The summed E-state index contributed by atoms with van der Waals surface area (Å²) < 4.78 is 5.88. The van der Waals surface area contributed by atoms with E-state index < -0.39 is 0 Å². The van der Waals surface area contributed by atoms with Gasteiger partial charge in [-0.15, -0.1) is 0 Å². The Balaban J connectivity index is 1.42. The van der Waals surface area contributed by atoms with Crippen LogP contribution in [0.4, 0.5) is 16.6 Å². The van der Waals surface area contributed by atoms with Crippen molar-refractivity contribution in [3.05, 3.63) is 41.9 Å². The van der Waals surface area contributed by atoms with E-state index in [2.05, 4.69) is 25.2 Å². The fourth-order valence-corrected chi connectivity index (χ4v) is 3.35. The fraction of sp³-hybridized carbons (Fsp3) is 0.474. The zero-order valence-electron chi connectivity index (χ0n) is 15.5. The Hall–Kier alpha value is -2.74. The number of carbonyl (C=O) groups excluding carboxylic acids is 1. The van der Waals surface area contributed by atoms with Gasteiger partial charge in [0.2, 0.25) is 5.95 Å². The van der Waals surface area contributed by atoms with Crippen molar-refractivity contribution < 1.29 is 9.53 Å². The number of amides is 2. The molecule has 0 unspecified atom stereocenters. The first-order valence-electron chi connectivity index (χ1n) is 9.37. The number of hydrogen-bond donors (Lipinski definition) is 1. The molecule has 27 heavy (non-hydrogen) atoms. The lowest BCUT2D eigenvalue weighted by atomic mass is 10.2. The first kappa shape index (κ1) is 17.7. The van der Waals surface area contributed by atoms with Crippen LogP contribution in [0.1, 0.15) is 30.2 Å². The van der Waals surface area contributed by atoms with E-state index in [-0.39, 0.29) is 12.1 Å². The van der Waals surface area contributed by atoms with Crippen molar-refractivity contribution in [2.45, 2.75) is 25.9 Å². The summed E-state index contributed by atoms with van der Waals surface area (Å²) in [6.45, 7) is 5.41. The van der Waals surface area contributed by atoms with Crippen molar-refractivity contribution in [1.82, 2.24) is 19.9 Å². The SMILES string of the molecule is Cc1ccc(NC(=O)N2CCO[C@H](c3ccnc(N4CCCC4)n3)C2)nc1. The van der Waals surface area contributed by atoms with E-state index in [0.717, 1.165) is 30.3 Å². The van der Waals surface area contributed by atoms with Gasteiger partial charge in [-0.05, 0) is 37.5 Å². The van der Waals surface area contributed by atoms with Crippen molar-refractivity contribution in [2.24, 2.45) is 0 Å². The molecule has 2 saturated heterocycles. The Morgan fingerprint density at radius 1 is 1.19 bits per heavy atom. The van der Waals surface area contributed by atoms with Crippen molar-refractivity contribution in [3.63, 3.8) is 0 Å². The maximum atomic E-state index is 12.6. The van der Waals surface area contributed by atoms with Gasteiger partial charge in [0.25, 0.3) is 0 Å². The number of urea groups is 1. The number of anilines is 2. The van der Waals surface area contributed by atoms with Gasteiger partial charge in [0, 0.05) is 32.0 Å². The second kappa shape index (κ2) is 7.87. The summed E-state index contributed by atoms with van der Waals surface area (Å²) in [6, 6.07) is 5.42. The van der Waals surface area contributed by atoms with Crippen LogP contribution in [0.3, 0.4) is 0 Å². The Morgan fingerprint density at radius 2 is 2.04 bits per heavy atom. The summed E-state index contributed by atoms with van der Waals surface area (Å²) >= 11 is 0. The predicted molar refractivity (Wildman–Crippen MR) is 102 cm³/mol. The molecule has 0 radical (unpaired) electrons. The van der Waals surface area contributed by atoms with Gasteiger partial charge < -0.3 is 14.5 Å². The number of pyridine rings is 1. The highest BCUT2D eigenvalue weighted by molar-refractivity contribution is 5.88. The minimum Gasteiger partial charge on any atom is -0.368 e. The normalized spacial score (nSPS) is 20.0. The number of hydrogen-bond acceptors (Lipinski definition) is 6. The van der Waals surface area contributed by atoms with Crippen LogP contribution in [0, 0.1) is 6.92 Å².